The highest BCUT2D eigenvalue weighted by Crippen LogP contribution is 2.25. The van der Waals surface area contributed by atoms with Crippen LogP contribution in [0.2, 0.25) is 0 Å². The summed E-state index contributed by atoms with van der Waals surface area (Å²) in [5.41, 5.74) is 0. The van der Waals surface area contributed by atoms with Crippen molar-refractivity contribution in [3.05, 3.63) is 0 Å². The third-order valence-corrected chi connectivity index (χ3v) is 4.81. The second-order valence-corrected chi connectivity index (χ2v) is 6.70. The summed E-state index contributed by atoms with van der Waals surface area (Å²) in [6, 6.07) is 0.0977. The maximum absolute atomic E-state index is 11.3. The fourth-order valence-electron chi connectivity index (χ4n) is 1.62. The third kappa shape index (κ3) is 3.96. The minimum atomic E-state index is -2.82. The van der Waals surface area contributed by atoms with Gasteiger partial charge in [-0.15, -0.1) is 0 Å². The molecule has 0 aromatic rings. The lowest BCUT2D eigenvalue weighted by Gasteiger charge is -2.27. The average molecular weight is 219 g/mol. The summed E-state index contributed by atoms with van der Waals surface area (Å²) in [7, 11) is -2.82. The summed E-state index contributed by atoms with van der Waals surface area (Å²) in [6.07, 6.45) is 3.95. The van der Waals surface area contributed by atoms with Gasteiger partial charge in [0.25, 0.3) is 0 Å². The van der Waals surface area contributed by atoms with Crippen molar-refractivity contribution < 1.29 is 8.42 Å². The minimum absolute atomic E-state index is 0.0977. The monoisotopic (exact) mass is 219 g/mol. The summed E-state index contributed by atoms with van der Waals surface area (Å²) in [6.45, 7) is 4.64. The molecule has 0 aromatic heterocycles. The number of sulfone groups is 1. The molecule has 84 valence electrons. The van der Waals surface area contributed by atoms with E-state index in [0.29, 0.717) is 0 Å². The van der Waals surface area contributed by atoms with E-state index in [9.17, 15) is 8.42 Å². The third-order valence-electron chi connectivity index (χ3n) is 2.92. The number of nitrogens with one attached hydrogen (secondary N) is 1. The normalized spacial score (nSPS) is 20.4. The standard InChI is InChI=1S/C10H21NO2S/c1-3-14(12,13)8-9(2)11-7-10-5-4-6-10/h9-11H,3-8H2,1-2H3. The van der Waals surface area contributed by atoms with Crippen LogP contribution >= 0.6 is 0 Å². The van der Waals surface area contributed by atoms with E-state index in [-0.39, 0.29) is 17.5 Å². The van der Waals surface area contributed by atoms with Crippen molar-refractivity contribution >= 4 is 9.84 Å². The second-order valence-electron chi connectivity index (χ2n) is 4.31. The number of hydrogen-bond donors (Lipinski definition) is 1. The van der Waals surface area contributed by atoms with E-state index in [4.69, 9.17) is 0 Å². The molecule has 0 bridgehead atoms. The smallest absolute Gasteiger partial charge is 0.151 e. The summed E-state index contributed by atoms with van der Waals surface area (Å²) in [4.78, 5) is 0. The Morgan fingerprint density at radius 2 is 2.07 bits per heavy atom. The van der Waals surface area contributed by atoms with Crippen LogP contribution in [-0.4, -0.2) is 32.5 Å². The zero-order valence-electron chi connectivity index (χ0n) is 9.12. The minimum Gasteiger partial charge on any atom is -0.313 e. The maximum atomic E-state index is 11.3. The first-order chi connectivity index (χ1) is 6.53. The van der Waals surface area contributed by atoms with Crippen LogP contribution in [0.5, 0.6) is 0 Å². The highest BCUT2D eigenvalue weighted by Gasteiger charge is 2.19. The Balaban J connectivity index is 2.17. The average Bonchev–Trinajstić information content (AvgIpc) is 2.00. The molecule has 0 radical (unpaired) electrons. The first kappa shape index (κ1) is 12.0. The first-order valence-electron chi connectivity index (χ1n) is 5.47. The van der Waals surface area contributed by atoms with Gasteiger partial charge in [0, 0.05) is 11.8 Å². The lowest BCUT2D eigenvalue weighted by atomic mass is 9.85. The van der Waals surface area contributed by atoms with Gasteiger partial charge in [0.05, 0.1) is 5.75 Å². The highest BCUT2D eigenvalue weighted by molar-refractivity contribution is 7.91. The van der Waals surface area contributed by atoms with Crippen molar-refractivity contribution in [2.24, 2.45) is 5.92 Å². The zero-order chi connectivity index (χ0) is 10.6. The fraction of sp³-hybridized carbons (Fsp3) is 1.00. The van der Waals surface area contributed by atoms with Crippen molar-refractivity contribution in [3.63, 3.8) is 0 Å². The molecular formula is C10H21NO2S. The van der Waals surface area contributed by atoms with Crippen LogP contribution in [-0.2, 0) is 9.84 Å². The van der Waals surface area contributed by atoms with Crippen molar-refractivity contribution in [2.45, 2.75) is 39.2 Å². The Kier molecular flexibility index (Phi) is 4.38. The molecule has 0 heterocycles. The molecule has 3 nitrogen and oxygen atoms in total. The molecule has 0 aliphatic heterocycles. The van der Waals surface area contributed by atoms with Gasteiger partial charge in [0.2, 0.25) is 0 Å². The van der Waals surface area contributed by atoms with Gasteiger partial charge >= 0.3 is 0 Å². The van der Waals surface area contributed by atoms with E-state index < -0.39 is 9.84 Å². The Hall–Kier alpha value is -0.0900. The van der Waals surface area contributed by atoms with Gasteiger partial charge < -0.3 is 5.32 Å². The van der Waals surface area contributed by atoms with Gasteiger partial charge in [-0.1, -0.05) is 13.3 Å². The summed E-state index contributed by atoms with van der Waals surface area (Å²) in [5, 5.41) is 3.30. The maximum Gasteiger partial charge on any atom is 0.151 e. The lowest BCUT2D eigenvalue weighted by Crippen LogP contribution is -2.38. The number of rotatable bonds is 6. The van der Waals surface area contributed by atoms with Crippen LogP contribution in [0.15, 0.2) is 0 Å². The Morgan fingerprint density at radius 3 is 2.50 bits per heavy atom. The molecule has 1 atom stereocenters. The van der Waals surface area contributed by atoms with Gasteiger partial charge in [0.1, 0.15) is 0 Å². The lowest BCUT2D eigenvalue weighted by molar-refractivity contribution is 0.294. The van der Waals surface area contributed by atoms with E-state index in [1.54, 1.807) is 6.92 Å². The molecule has 1 unspecified atom stereocenters. The summed E-state index contributed by atoms with van der Waals surface area (Å²) < 4.78 is 22.6. The van der Waals surface area contributed by atoms with Gasteiger partial charge in [-0.25, -0.2) is 8.42 Å². The largest absolute Gasteiger partial charge is 0.313 e. The molecule has 1 aliphatic carbocycles. The van der Waals surface area contributed by atoms with Crippen LogP contribution in [0.4, 0.5) is 0 Å². The summed E-state index contributed by atoms with van der Waals surface area (Å²) >= 11 is 0. The molecular weight excluding hydrogens is 198 g/mol. The SMILES string of the molecule is CCS(=O)(=O)CC(C)NCC1CCC1. The van der Waals surface area contributed by atoms with Crippen molar-refractivity contribution in [1.82, 2.24) is 5.32 Å². The van der Waals surface area contributed by atoms with Crippen LogP contribution < -0.4 is 5.32 Å². The molecule has 0 saturated heterocycles. The van der Waals surface area contributed by atoms with Crippen molar-refractivity contribution in [1.29, 1.82) is 0 Å². The predicted octanol–water partition coefficient (Wildman–Crippen LogP) is 1.20. The van der Waals surface area contributed by atoms with Gasteiger partial charge in [-0.3, -0.25) is 0 Å². The van der Waals surface area contributed by atoms with Crippen LogP contribution in [0.25, 0.3) is 0 Å². The van der Waals surface area contributed by atoms with E-state index in [1.165, 1.54) is 19.3 Å². The van der Waals surface area contributed by atoms with Crippen LogP contribution in [0, 0.1) is 5.92 Å². The van der Waals surface area contributed by atoms with E-state index in [2.05, 4.69) is 5.32 Å². The molecule has 1 aliphatic rings. The van der Waals surface area contributed by atoms with Gasteiger partial charge in [-0.2, -0.15) is 0 Å². The molecule has 0 aromatic carbocycles. The van der Waals surface area contributed by atoms with E-state index in [1.807, 2.05) is 6.92 Å². The van der Waals surface area contributed by atoms with Crippen molar-refractivity contribution in [2.75, 3.05) is 18.1 Å². The molecule has 1 N–H and O–H groups in total. The molecule has 1 saturated carbocycles. The van der Waals surface area contributed by atoms with Crippen molar-refractivity contribution in [3.8, 4) is 0 Å². The van der Waals surface area contributed by atoms with E-state index in [0.717, 1.165) is 12.5 Å². The van der Waals surface area contributed by atoms with Crippen LogP contribution in [0.3, 0.4) is 0 Å². The molecule has 1 fully saturated rings. The Labute approximate surface area is 87.2 Å². The first-order valence-corrected chi connectivity index (χ1v) is 7.29. The molecule has 4 heteroatoms. The summed E-state index contributed by atoms with van der Waals surface area (Å²) in [5.74, 6) is 1.32. The quantitative estimate of drug-likeness (QED) is 0.730. The fourth-order valence-corrected chi connectivity index (χ4v) is 2.74. The zero-order valence-corrected chi connectivity index (χ0v) is 9.94. The predicted molar refractivity (Wildman–Crippen MR) is 59.1 cm³/mol. The Morgan fingerprint density at radius 1 is 1.43 bits per heavy atom. The van der Waals surface area contributed by atoms with Crippen LogP contribution in [0.1, 0.15) is 33.1 Å². The van der Waals surface area contributed by atoms with E-state index >= 15 is 0 Å². The molecule has 0 spiro atoms. The second kappa shape index (κ2) is 5.12. The molecule has 0 amide bonds. The number of hydrogen-bond acceptors (Lipinski definition) is 3. The molecule has 1 rings (SSSR count). The van der Waals surface area contributed by atoms with Gasteiger partial charge in [-0.05, 0) is 32.2 Å². The highest BCUT2D eigenvalue weighted by atomic mass is 32.2. The topological polar surface area (TPSA) is 46.2 Å². The Bertz CT molecular complexity index is 257. The molecule has 14 heavy (non-hydrogen) atoms. The van der Waals surface area contributed by atoms with Gasteiger partial charge in [0.15, 0.2) is 9.84 Å².